The third-order valence-electron chi connectivity index (χ3n) is 5.99. The largest absolute Gasteiger partial charge is 0.497 e. The van der Waals surface area contributed by atoms with Crippen molar-refractivity contribution in [1.29, 1.82) is 0 Å². The van der Waals surface area contributed by atoms with Gasteiger partial charge in [0.1, 0.15) is 17.5 Å². The fraction of sp³-hybridized carbons (Fsp3) is 0.407. The lowest BCUT2D eigenvalue weighted by Gasteiger charge is -2.39. The number of carbonyl (C=O) groups excluding carboxylic acids is 1. The Morgan fingerprint density at radius 3 is 2.55 bits per heavy atom. The van der Waals surface area contributed by atoms with Crippen molar-refractivity contribution >= 4 is 17.0 Å². The van der Waals surface area contributed by atoms with Crippen LogP contribution in [0.4, 0.5) is 4.79 Å². The number of aliphatic hydroxyl groups is 1. The monoisotopic (exact) mass is 448 g/mol. The second-order valence-corrected chi connectivity index (χ2v) is 9.52. The predicted octanol–water partition coefficient (Wildman–Crippen LogP) is 5.73. The normalized spacial score (nSPS) is 17.6. The van der Waals surface area contributed by atoms with E-state index in [0.29, 0.717) is 6.54 Å². The highest BCUT2D eigenvalue weighted by Crippen LogP contribution is 2.35. The van der Waals surface area contributed by atoms with E-state index in [-0.39, 0.29) is 12.1 Å². The summed E-state index contributed by atoms with van der Waals surface area (Å²) in [6, 6.07) is 17.1. The average molecular weight is 449 g/mol. The van der Waals surface area contributed by atoms with Crippen LogP contribution in [-0.4, -0.2) is 46.4 Å². The van der Waals surface area contributed by atoms with Gasteiger partial charge in [0.25, 0.3) is 0 Å². The summed E-state index contributed by atoms with van der Waals surface area (Å²) in [4.78, 5) is 19.5. The lowest BCUT2D eigenvalue weighted by atomic mass is 9.90. The minimum atomic E-state index is -0.859. The van der Waals surface area contributed by atoms with E-state index in [2.05, 4.69) is 0 Å². The van der Waals surface area contributed by atoms with E-state index in [9.17, 15) is 9.90 Å². The molecule has 6 nitrogen and oxygen atoms in total. The first-order valence-electron chi connectivity index (χ1n) is 11.5. The molecule has 0 spiro atoms. The summed E-state index contributed by atoms with van der Waals surface area (Å²) in [5, 5.41) is 12.5. The molecular formula is C27H32N2O4. The predicted molar refractivity (Wildman–Crippen MR) is 129 cm³/mol. The second-order valence-electron chi connectivity index (χ2n) is 9.52. The number of rotatable bonds is 4. The van der Waals surface area contributed by atoms with Crippen LogP contribution in [0.1, 0.15) is 51.7 Å². The minimum Gasteiger partial charge on any atom is -0.497 e. The average Bonchev–Trinajstić information content (AvgIpc) is 2.82. The Kier molecular flexibility index (Phi) is 6.56. The fourth-order valence-corrected chi connectivity index (χ4v) is 4.40. The number of hydrogen-bond acceptors (Lipinski definition) is 5. The van der Waals surface area contributed by atoms with Crippen molar-refractivity contribution in [2.45, 2.75) is 57.8 Å². The van der Waals surface area contributed by atoms with Gasteiger partial charge in [-0.25, -0.2) is 9.78 Å². The number of ether oxygens (including phenoxy) is 2. The number of hydrogen-bond donors (Lipinski definition) is 1. The summed E-state index contributed by atoms with van der Waals surface area (Å²) >= 11 is 0. The number of para-hydroxylation sites is 1. The quantitative estimate of drug-likeness (QED) is 0.552. The van der Waals surface area contributed by atoms with E-state index < -0.39 is 11.7 Å². The van der Waals surface area contributed by atoms with E-state index in [1.807, 2.05) is 75.4 Å². The molecule has 1 aliphatic heterocycles. The number of nitrogens with zero attached hydrogens (tertiary/aromatic N) is 2. The van der Waals surface area contributed by atoms with Crippen LogP contribution in [0.15, 0.2) is 54.6 Å². The topological polar surface area (TPSA) is 71.9 Å². The maximum Gasteiger partial charge on any atom is 0.410 e. The van der Waals surface area contributed by atoms with Crippen LogP contribution < -0.4 is 4.74 Å². The smallest absolute Gasteiger partial charge is 0.410 e. The van der Waals surface area contributed by atoms with Gasteiger partial charge >= 0.3 is 6.09 Å². The van der Waals surface area contributed by atoms with Gasteiger partial charge in [0.05, 0.1) is 24.4 Å². The highest BCUT2D eigenvalue weighted by molar-refractivity contribution is 5.85. The summed E-state index contributed by atoms with van der Waals surface area (Å²) in [5.74, 6) is 0.773. The number of likely N-dealkylation sites (tertiary alicyclic amines) is 1. The number of carbonyl (C=O) groups is 1. The molecule has 6 heteroatoms. The minimum absolute atomic E-state index is 0.358. The summed E-state index contributed by atoms with van der Waals surface area (Å²) in [6.07, 6.45) is 1.34. The Bertz CT molecular complexity index is 1120. The van der Waals surface area contributed by atoms with Crippen molar-refractivity contribution in [2.24, 2.45) is 0 Å². The highest BCUT2D eigenvalue weighted by atomic mass is 16.6. The van der Waals surface area contributed by atoms with Crippen LogP contribution in [0.25, 0.3) is 22.2 Å². The van der Waals surface area contributed by atoms with Gasteiger partial charge in [0.2, 0.25) is 0 Å². The Hall–Kier alpha value is -3.12. The Labute approximate surface area is 195 Å². The van der Waals surface area contributed by atoms with Crippen molar-refractivity contribution in [3.05, 3.63) is 60.2 Å². The molecule has 0 radical (unpaired) electrons. The number of benzene rings is 2. The SMILES string of the molecule is COc1ccc(-c2cc([C@@H](O)[C@@H]3CCCCN3C(=O)OC(C)(C)C)c3ccccc3n2)cc1. The number of fused-ring (bicyclic) bond motifs is 1. The Morgan fingerprint density at radius 1 is 1.12 bits per heavy atom. The zero-order valence-corrected chi connectivity index (χ0v) is 19.7. The zero-order chi connectivity index (χ0) is 23.6. The van der Waals surface area contributed by atoms with Crippen LogP contribution in [0.5, 0.6) is 5.75 Å². The van der Waals surface area contributed by atoms with Gasteiger partial charge in [-0.15, -0.1) is 0 Å². The van der Waals surface area contributed by atoms with Crippen molar-refractivity contribution in [2.75, 3.05) is 13.7 Å². The molecule has 4 rings (SSSR count). The van der Waals surface area contributed by atoms with Gasteiger partial charge in [0.15, 0.2) is 0 Å². The molecule has 1 aliphatic rings. The summed E-state index contributed by atoms with van der Waals surface area (Å²) in [7, 11) is 1.64. The molecule has 0 unspecified atom stereocenters. The lowest BCUT2D eigenvalue weighted by Crippen LogP contribution is -2.48. The van der Waals surface area contributed by atoms with Crippen molar-refractivity contribution in [3.8, 4) is 17.0 Å². The maximum absolute atomic E-state index is 12.9. The first-order chi connectivity index (χ1) is 15.8. The zero-order valence-electron chi connectivity index (χ0n) is 19.7. The molecule has 0 saturated carbocycles. The van der Waals surface area contributed by atoms with Gasteiger partial charge in [0, 0.05) is 17.5 Å². The number of pyridine rings is 1. The number of methoxy groups -OCH3 is 1. The molecule has 1 amide bonds. The van der Waals surface area contributed by atoms with Crippen LogP contribution in [-0.2, 0) is 4.74 Å². The van der Waals surface area contributed by atoms with E-state index in [0.717, 1.165) is 52.7 Å². The third-order valence-corrected chi connectivity index (χ3v) is 5.99. The number of piperidine rings is 1. The van der Waals surface area contributed by atoms with E-state index in [1.54, 1.807) is 12.0 Å². The second kappa shape index (κ2) is 9.40. The molecule has 2 aromatic carbocycles. The van der Waals surface area contributed by atoms with Gasteiger partial charge in [-0.05, 0) is 82.0 Å². The fourth-order valence-electron chi connectivity index (χ4n) is 4.40. The van der Waals surface area contributed by atoms with Crippen LogP contribution in [0, 0.1) is 0 Å². The summed E-state index contributed by atoms with van der Waals surface area (Å²) in [5.41, 5.74) is 2.69. The molecule has 0 bridgehead atoms. The van der Waals surface area contributed by atoms with Crippen LogP contribution >= 0.6 is 0 Å². The molecule has 3 aromatic rings. The molecule has 2 heterocycles. The van der Waals surface area contributed by atoms with Gasteiger partial charge in [-0.3, -0.25) is 0 Å². The Balaban J connectivity index is 1.74. The molecule has 1 saturated heterocycles. The number of amides is 1. The summed E-state index contributed by atoms with van der Waals surface area (Å²) in [6.45, 7) is 6.15. The van der Waals surface area contributed by atoms with Gasteiger partial charge in [-0.1, -0.05) is 18.2 Å². The molecule has 33 heavy (non-hydrogen) atoms. The molecule has 1 aromatic heterocycles. The van der Waals surface area contributed by atoms with E-state index in [4.69, 9.17) is 14.5 Å². The van der Waals surface area contributed by atoms with Crippen molar-refractivity contribution in [3.63, 3.8) is 0 Å². The standard InChI is InChI=1S/C27H32N2O4/c1-27(2,3)33-26(31)29-16-8-7-11-24(29)25(30)21-17-23(18-12-14-19(32-4)15-13-18)28-22-10-6-5-9-20(21)22/h5-6,9-10,12-15,17,24-25,30H,7-8,11,16H2,1-4H3/t24-,25+/m0/s1. The van der Waals surface area contributed by atoms with Crippen molar-refractivity contribution < 1.29 is 19.4 Å². The maximum atomic E-state index is 12.9. The first kappa shape index (κ1) is 23.1. The first-order valence-corrected chi connectivity index (χ1v) is 11.5. The highest BCUT2D eigenvalue weighted by Gasteiger charge is 2.36. The molecule has 0 aliphatic carbocycles. The number of aliphatic hydroxyl groups excluding tert-OH is 1. The van der Waals surface area contributed by atoms with E-state index in [1.165, 1.54) is 0 Å². The lowest BCUT2D eigenvalue weighted by molar-refractivity contribution is -0.0166. The number of aromatic nitrogens is 1. The van der Waals surface area contributed by atoms with Gasteiger partial charge in [-0.2, -0.15) is 0 Å². The van der Waals surface area contributed by atoms with E-state index >= 15 is 0 Å². The van der Waals surface area contributed by atoms with Gasteiger partial charge < -0.3 is 19.5 Å². The molecular weight excluding hydrogens is 416 g/mol. The molecule has 174 valence electrons. The third kappa shape index (κ3) is 5.11. The van der Waals surface area contributed by atoms with Crippen molar-refractivity contribution in [1.82, 2.24) is 9.88 Å². The molecule has 1 fully saturated rings. The molecule has 1 N–H and O–H groups in total. The van der Waals surface area contributed by atoms with Crippen LogP contribution in [0.2, 0.25) is 0 Å². The molecule has 2 atom stereocenters. The Morgan fingerprint density at radius 2 is 1.85 bits per heavy atom. The van der Waals surface area contributed by atoms with Crippen LogP contribution in [0.3, 0.4) is 0 Å². The summed E-state index contributed by atoms with van der Waals surface area (Å²) < 4.78 is 10.9.